The van der Waals surface area contributed by atoms with Crippen LogP contribution in [-0.2, 0) is 14.8 Å². The van der Waals surface area contributed by atoms with E-state index in [2.05, 4.69) is 32.3 Å². The van der Waals surface area contributed by atoms with Gasteiger partial charge in [0.05, 0.1) is 12.9 Å². The Morgan fingerprint density at radius 2 is 2.00 bits per heavy atom. The van der Waals surface area contributed by atoms with Gasteiger partial charge in [0.15, 0.2) is 0 Å². The molecular weight excluding hydrogens is 399 g/mol. The second-order valence-corrected chi connectivity index (χ2v) is 6.63. The lowest BCUT2D eigenvalue weighted by Crippen LogP contribution is -2.23. The molecule has 1 rings (SSSR count). The average molecular weight is 411 g/mol. The van der Waals surface area contributed by atoms with Crippen molar-refractivity contribution in [1.82, 2.24) is 0 Å². The van der Waals surface area contributed by atoms with Crippen molar-refractivity contribution in [2.45, 2.75) is 6.42 Å². The summed E-state index contributed by atoms with van der Waals surface area (Å²) in [5.41, 5.74) is 0.558. The Labute approximate surface area is 130 Å². The fraction of sp³-hybridized carbons (Fsp3) is 0.273. The molecule has 20 heavy (non-hydrogen) atoms. The largest absolute Gasteiger partial charge is 0.861 e. The van der Waals surface area contributed by atoms with Crippen LogP contribution in [0.3, 0.4) is 0 Å². The summed E-state index contributed by atoms with van der Waals surface area (Å²) in [7, 11) is -3.71. The van der Waals surface area contributed by atoms with E-state index >= 15 is 0 Å². The zero-order valence-electron chi connectivity index (χ0n) is 10.5. The van der Waals surface area contributed by atoms with Crippen LogP contribution in [0.5, 0.6) is 0 Å². The van der Waals surface area contributed by atoms with Gasteiger partial charge in [0, 0.05) is 15.7 Å². The highest BCUT2D eigenvalue weighted by Gasteiger charge is 2.03. The van der Waals surface area contributed by atoms with E-state index < -0.39 is 22.0 Å². The highest BCUT2D eigenvalue weighted by atomic mass is 127. The van der Waals surface area contributed by atoms with Crippen molar-refractivity contribution in [1.29, 1.82) is 0 Å². The second kappa shape index (κ2) is 7.43. The number of sulfonamides is 1. The van der Waals surface area contributed by atoms with Crippen molar-refractivity contribution in [2.24, 2.45) is 4.40 Å². The summed E-state index contributed by atoms with van der Waals surface area (Å²) in [6.45, 7) is -0.242. The monoisotopic (exact) mass is 411 g/mol. The van der Waals surface area contributed by atoms with Crippen LogP contribution in [0, 0.1) is 3.57 Å². The summed E-state index contributed by atoms with van der Waals surface area (Å²) in [5.74, 6) is -0.852. The molecule has 0 aromatic heterocycles. The highest BCUT2D eigenvalue weighted by molar-refractivity contribution is 14.1. The number of carbonyl (C=O) groups excluding carboxylic acids is 1. The van der Waals surface area contributed by atoms with Crippen molar-refractivity contribution in [2.75, 3.05) is 18.2 Å². The minimum atomic E-state index is -3.71. The maximum atomic E-state index is 11.4. The number of hydrogen-bond donors (Lipinski definition) is 1. The van der Waals surface area contributed by atoms with Crippen molar-refractivity contribution in [3.63, 3.8) is 0 Å². The molecule has 110 valence electrons. The normalized spacial score (nSPS) is 12.0. The molecule has 9 heteroatoms. The molecule has 0 atom stereocenters. The van der Waals surface area contributed by atoms with E-state index in [0.717, 1.165) is 9.83 Å². The number of rotatable bonds is 5. The smallest absolute Gasteiger partial charge is 0.411 e. The molecule has 1 N–H and O–H groups in total. The quantitative estimate of drug-likeness (QED) is 0.441. The van der Waals surface area contributed by atoms with Crippen molar-refractivity contribution < 1.29 is 23.1 Å². The topological polar surface area (TPSA) is 108 Å². The van der Waals surface area contributed by atoms with Crippen LogP contribution in [0.1, 0.15) is 6.42 Å². The molecule has 1 aromatic carbocycles. The van der Waals surface area contributed by atoms with Gasteiger partial charge in [-0.25, -0.2) is 13.2 Å². The minimum absolute atomic E-state index is 0.242. The minimum Gasteiger partial charge on any atom is -0.861 e. The molecule has 0 aliphatic carbocycles. The first-order chi connectivity index (χ1) is 9.26. The number of anilines is 1. The zero-order valence-corrected chi connectivity index (χ0v) is 13.5. The lowest BCUT2D eigenvalue weighted by molar-refractivity contribution is -0.218. The first-order valence-corrected chi connectivity index (χ1v) is 8.34. The lowest BCUT2D eigenvalue weighted by Gasteiger charge is -2.10. The predicted molar refractivity (Wildman–Crippen MR) is 81.0 cm³/mol. The van der Waals surface area contributed by atoms with Gasteiger partial charge in [0.25, 0.3) is 0 Å². The van der Waals surface area contributed by atoms with E-state index in [1.807, 2.05) is 12.1 Å². The molecule has 0 saturated heterocycles. The van der Waals surface area contributed by atoms with E-state index in [1.54, 1.807) is 12.1 Å². The standard InChI is InChI=1S/C11H13IN2O5S/c1-20(17,18)14-10(15)6-7-19-11(16)13-9-4-2-8(12)3-5-9/h2-5H,6-7H2,1H3,(H,13,16)(H,14,15)/p-1. The SMILES string of the molecule is CS(=O)(=O)/N=C(/[O-])CCOC(=O)Nc1ccc(I)cc1. The van der Waals surface area contributed by atoms with Gasteiger partial charge in [-0.1, -0.05) is 0 Å². The van der Waals surface area contributed by atoms with Gasteiger partial charge in [-0.05, 0) is 52.8 Å². The average Bonchev–Trinajstić information content (AvgIpc) is 2.29. The maximum absolute atomic E-state index is 11.4. The number of nitrogens with one attached hydrogen (secondary N) is 1. The summed E-state index contributed by atoms with van der Waals surface area (Å²) in [5, 5.41) is 13.5. The number of hydrogen-bond acceptors (Lipinski definition) is 5. The van der Waals surface area contributed by atoms with Gasteiger partial charge in [-0.2, -0.15) is 4.40 Å². The van der Waals surface area contributed by atoms with Crippen LogP contribution >= 0.6 is 22.6 Å². The number of carbonyl (C=O) groups is 1. The third kappa shape index (κ3) is 7.28. The van der Waals surface area contributed by atoms with Gasteiger partial charge in [-0.15, -0.1) is 0 Å². The summed E-state index contributed by atoms with van der Waals surface area (Å²) in [4.78, 5) is 11.4. The van der Waals surface area contributed by atoms with E-state index in [9.17, 15) is 18.3 Å². The molecule has 0 heterocycles. The Morgan fingerprint density at radius 3 is 2.55 bits per heavy atom. The molecule has 7 nitrogen and oxygen atoms in total. The molecule has 0 aliphatic rings. The molecular formula is C11H12IN2O5S-. The Balaban J connectivity index is 2.37. The van der Waals surface area contributed by atoms with Crippen LogP contribution in [0.25, 0.3) is 0 Å². The lowest BCUT2D eigenvalue weighted by atomic mass is 10.3. The van der Waals surface area contributed by atoms with Crippen LogP contribution in [-0.4, -0.2) is 33.3 Å². The Bertz CT molecular complexity index is 598. The number of halogens is 1. The fourth-order valence-electron chi connectivity index (χ4n) is 1.15. The molecule has 0 radical (unpaired) electrons. The third-order valence-electron chi connectivity index (χ3n) is 1.91. The number of nitrogens with zero attached hydrogens (tertiary/aromatic N) is 1. The van der Waals surface area contributed by atoms with Gasteiger partial charge in [-0.3, -0.25) is 5.32 Å². The summed E-state index contributed by atoms with van der Waals surface area (Å²) >= 11 is 2.13. The third-order valence-corrected chi connectivity index (χ3v) is 3.16. The Hall–Kier alpha value is -1.36. The molecule has 0 aliphatic heterocycles. The Morgan fingerprint density at radius 1 is 1.40 bits per heavy atom. The van der Waals surface area contributed by atoms with Crippen LogP contribution in [0.4, 0.5) is 10.5 Å². The summed E-state index contributed by atoms with van der Waals surface area (Å²) in [6.07, 6.45) is -0.194. The van der Waals surface area contributed by atoms with Crippen molar-refractivity contribution in [3.8, 4) is 0 Å². The van der Waals surface area contributed by atoms with E-state index in [0.29, 0.717) is 5.69 Å². The fourth-order valence-corrected chi connectivity index (χ4v) is 1.97. The van der Waals surface area contributed by atoms with Gasteiger partial charge < -0.3 is 9.84 Å². The molecule has 1 amide bonds. The summed E-state index contributed by atoms with van der Waals surface area (Å²) in [6, 6.07) is 7.02. The molecule has 0 spiro atoms. The van der Waals surface area contributed by atoms with Gasteiger partial charge in [0.1, 0.15) is 0 Å². The number of ether oxygens (including phenoxy) is 1. The van der Waals surface area contributed by atoms with E-state index in [4.69, 9.17) is 4.74 Å². The molecule has 0 saturated carbocycles. The number of amides is 1. The maximum Gasteiger partial charge on any atom is 0.411 e. The molecule has 0 bridgehead atoms. The second-order valence-electron chi connectivity index (χ2n) is 3.74. The molecule has 0 fully saturated rings. The van der Waals surface area contributed by atoms with Crippen LogP contribution in [0.15, 0.2) is 28.7 Å². The van der Waals surface area contributed by atoms with Crippen LogP contribution in [0.2, 0.25) is 0 Å². The van der Waals surface area contributed by atoms with E-state index in [-0.39, 0.29) is 13.0 Å². The van der Waals surface area contributed by atoms with Gasteiger partial charge >= 0.3 is 6.09 Å². The first kappa shape index (κ1) is 16.7. The van der Waals surface area contributed by atoms with Crippen molar-refractivity contribution in [3.05, 3.63) is 27.8 Å². The molecule has 0 unspecified atom stereocenters. The van der Waals surface area contributed by atoms with E-state index in [1.165, 1.54) is 0 Å². The molecule has 1 aromatic rings. The predicted octanol–water partition coefficient (Wildman–Crippen LogP) is 0.948. The summed E-state index contributed by atoms with van der Waals surface area (Å²) < 4.78 is 30.1. The van der Waals surface area contributed by atoms with Crippen LogP contribution < -0.4 is 10.4 Å². The Kier molecular flexibility index (Phi) is 6.20. The highest BCUT2D eigenvalue weighted by Crippen LogP contribution is 2.11. The van der Waals surface area contributed by atoms with Gasteiger partial charge in [0.2, 0.25) is 10.0 Å². The first-order valence-electron chi connectivity index (χ1n) is 5.41. The number of benzene rings is 1. The zero-order chi connectivity index (χ0) is 15.2. The van der Waals surface area contributed by atoms with Crippen molar-refractivity contribution >= 4 is 50.3 Å².